The second-order valence-corrected chi connectivity index (χ2v) is 3.48. The molecule has 0 N–H and O–H groups in total. The summed E-state index contributed by atoms with van der Waals surface area (Å²) >= 11 is 0. The summed E-state index contributed by atoms with van der Waals surface area (Å²) in [4.78, 5) is 14.6. The molecule has 0 bridgehead atoms. The van der Waals surface area contributed by atoms with Crippen LogP contribution in [0.15, 0.2) is 12.4 Å². The van der Waals surface area contributed by atoms with Gasteiger partial charge in [-0.15, -0.1) is 0 Å². The highest BCUT2D eigenvalue weighted by molar-refractivity contribution is 5.51. The SMILES string of the molecule is Cc1nn(C)c(-n2ccnc2C)c1[N+](=O)[O-]. The summed E-state index contributed by atoms with van der Waals surface area (Å²) in [5, 5.41) is 15.0. The van der Waals surface area contributed by atoms with Crippen LogP contribution >= 0.6 is 0 Å². The molecule has 0 aliphatic heterocycles. The molecule has 0 unspecified atom stereocenters. The second-order valence-electron chi connectivity index (χ2n) is 3.48. The fraction of sp³-hybridized carbons (Fsp3) is 0.333. The molecule has 0 atom stereocenters. The van der Waals surface area contributed by atoms with Crippen molar-refractivity contribution in [2.45, 2.75) is 13.8 Å². The quantitative estimate of drug-likeness (QED) is 0.562. The maximum Gasteiger partial charge on any atom is 0.334 e. The van der Waals surface area contributed by atoms with Crippen LogP contribution in [-0.2, 0) is 7.05 Å². The fourth-order valence-electron chi connectivity index (χ4n) is 1.72. The highest BCUT2D eigenvalue weighted by Gasteiger charge is 2.25. The predicted molar refractivity (Wildman–Crippen MR) is 56.5 cm³/mol. The average Bonchev–Trinajstić information content (AvgIpc) is 2.69. The first-order valence-electron chi connectivity index (χ1n) is 4.70. The smallest absolute Gasteiger partial charge is 0.283 e. The van der Waals surface area contributed by atoms with Crippen LogP contribution in [0.4, 0.5) is 5.69 Å². The number of hydrogen-bond acceptors (Lipinski definition) is 4. The predicted octanol–water partition coefficient (Wildman–Crippen LogP) is 1.13. The van der Waals surface area contributed by atoms with Crippen LogP contribution in [0, 0.1) is 24.0 Å². The van der Waals surface area contributed by atoms with Crippen LogP contribution in [0.2, 0.25) is 0 Å². The number of aryl methyl sites for hydroxylation is 3. The van der Waals surface area contributed by atoms with Crippen molar-refractivity contribution in [2.75, 3.05) is 0 Å². The third kappa shape index (κ3) is 1.37. The third-order valence-corrected chi connectivity index (χ3v) is 2.40. The zero-order valence-electron chi connectivity index (χ0n) is 9.21. The van der Waals surface area contributed by atoms with Gasteiger partial charge in [0, 0.05) is 19.4 Å². The van der Waals surface area contributed by atoms with Crippen molar-refractivity contribution >= 4 is 5.69 Å². The maximum atomic E-state index is 11.0. The Labute approximate surface area is 91.5 Å². The van der Waals surface area contributed by atoms with Gasteiger partial charge in [-0.2, -0.15) is 5.10 Å². The minimum absolute atomic E-state index is 0.0172. The highest BCUT2D eigenvalue weighted by Crippen LogP contribution is 2.26. The van der Waals surface area contributed by atoms with Gasteiger partial charge in [0.15, 0.2) is 0 Å². The van der Waals surface area contributed by atoms with E-state index in [-0.39, 0.29) is 5.69 Å². The molecule has 0 saturated carbocycles. The number of nitrogens with zero attached hydrogens (tertiary/aromatic N) is 5. The molecular formula is C9H11N5O2. The van der Waals surface area contributed by atoms with Crippen LogP contribution in [0.3, 0.4) is 0 Å². The molecule has 0 aromatic carbocycles. The van der Waals surface area contributed by atoms with Crippen molar-refractivity contribution in [1.29, 1.82) is 0 Å². The van der Waals surface area contributed by atoms with Crippen molar-refractivity contribution in [2.24, 2.45) is 7.05 Å². The summed E-state index contributed by atoms with van der Waals surface area (Å²) < 4.78 is 3.14. The Bertz CT molecular complexity index is 554. The van der Waals surface area contributed by atoms with E-state index in [0.717, 1.165) is 0 Å². The zero-order valence-corrected chi connectivity index (χ0v) is 9.21. The van der Waals surface area contributed by atoms with Gasteiger partial charge in [-0.25, -0.2) is 9.67 Å². The van der Waals surface area contributed by atoms with E-state index < -0.39 is 4.92 Å². The van der Waals surface area contributed by atoms with E-state index in [1.54, 1.807) is 37.9 Å². The molecule has 7 nitrogen and oxygen atoms in total. The fourth-order valence-corrected chi connectivity index (χ4v) is 1.72. The Morgan fingerprint density at radius 1 is 1.44 bits per heavy atom. The first-order valence-corrected chi connectivity index (χ1v) is 4.70. The Hall–Kier alpha value is -2.18. The minimum atomic E-state index is -0.420. The van der Waals surface area contributed by atoms with Gasteiger partial charge in [0.05, 0.1) is 4.92 Å². The van der Waals surface area contributed by atoms with Gasteiger partial charge in [0.2, 0.25) is 5.82 Å². The van der Waals surface area contributed by atoms with E-state index >= 15 is 0 Å². The first-order chi connectivity index (χ1) is 7.52. The maximum absolute atomic E-state index is 11.0. The van der Waals surface area contributed by atoms with Crippen LogP contribution in [0.1, 0.15) is 11.5 Å². The Morgan fingerprint density at radius 2 is 2.12 bits per heavy atom. The molecule has 16 heavy (non-hydrogen) atoms. The van der Waals surface area contributed by atoms with Crippen LogP contribution in [0.5, 0.6) is 0 Å². The van der Waals surface area contributed by atoms with Crippen LogP contribution in [0.25, 0.3) is 5.82 Å². The molecule has 0 fully saturated rings. The van der Waals surface area contributed by atoms with E-state index in [1.807, 2.05) is 0 Å². The van der Waals surface area contributed by atoms with E-state index in [2.05, 4.69) is 10.1 Å². The van der Waals surface area contributed by atoms with Crippen molar-refractivity contribution < 1.29 is 4.92 Å². The van der Waals surface area contributed by atoms with Gasteiger partial charge in [0.25, 0.3) is 0 Å². The van der Waals surface area contributed by atoms with Gasteiger partial charge in [-0.1, -0.05) is 0 Å². The summed E-state index contributed by atoms with van der Waals surface area (Å²) in [5.41, 5.74) is 0.416. The lowest BCUT2D eigenvalue weighted by molar-refractivity contribution is -0.385. The molecule has 2 heterocycles. The zero-order chi connectivity index (χ0) is 11.9. The lowest BCUT2D eigenvalue weighted by atomic mass is 10.4. The monoisotopic (exact) mass is 221 g/mol. The summed E-state index contributed by atoms with van der Waals surface area (Å²) in [6.45, 7) is 3.40. The molecule has 2 rings (SSSR count). The van der Waals surface area contributed by atoms with Crippen molar-refractivity contribution in [3.8, 4) is 5.82 Å². The highest BCUT2D eigenvalue weighted by atomic mass is 16.6. The van der Waals surface area contributed by atoms with Gasteiger partial charge in [0.1, 0.15) is 11.5 Å². The molecule has 0 aliphatic carbocycles. The number of imidazole rings is 1. The lowest BCUT2D eigenvalue weighted by Crippen LogP contribution is -2.05. The van der Waals surface area contributed by atoms with Crippen molar-refractivity contribution in [3.05, 3.63) is 34.0 Å². The van der Waals surface area contributed by atoms with Gasteiger partial charge in [-0.05, 0) is 13.8 Å². The lowest BCUT2D eigenvalue weighted by Gasteiger charge is -2.03. The van der Waals surface area contributed by atoms with E-state index in [9.17, 15) is 10.1 Å². The number of hydrogen-bond donors (Lipinski definition) is 0. The second kappa shape index (κ2) is 3.44. The molecule has 84 valence electrons. The first kappa shape index (κ1) is 10.3. The molecule has 0 spiro atoms. The molecule has 7 heteroatoms. The van der Waals surface area contributed by atoms with Crippen LogP contribution in [-0.4, -0.2) is 24.3 Å². The minimum Gasteiger partial charge on any atom is -0.283 e. The molecule has 0 aliphatic rings. The van der Waals surface area contributed by atoms with Crippen molar-refractivity contribution in [1.82, 2.24) is 19.3 Å². The molecular weight excluding hydrogens is 210 g/mol. The summed E-state index contributed by atoms with van der Waals surface area (Å²) in [5.74, 6) is 1.11. The number of rotatable bonds is 2. The van der Waals surface area contributed by atoms with E-state index in [1.165, 1.54) is 4.68 Å². The number of nitro groups is 1. The summed E-state index contributed by atoms with van der Waals surface area (Å²) in [6.07, 6.45) is 3.28. The third-order valence-electron chi connectivity index (χ3n) is 2.40. The Morgan fingerprint density at radius 3 is 2.62 bits per heavy atom. The largest absolute Gasteiger partial charge is 0.334 e. The van der Waals surface area contributed by atoms with Gasteiger partial charge in [-0.3, -0.25) is 14.7 Å². The van der Waals surface area contributed by atoms with Gasteiger partial charge < -0.3 is 0 Å². The van der Waals surface area contributed by atoms with Crippen LogP contribution < -0.4 is 0 Å². The summed E-state index contributed by atoms with van der Waals surface area (Å²) in [6, 6.07) is 0. The summed E-state index contributed by atoms with van der Waals surface area (Å²) in [7, 11) is 1.68. The average molecular weight is 221 g/mol. The molecule has 0 saturated heterocycles. The standard InChI is InChI=1S/C9H11N5O2/c1-6-8(14(15)16)9(12(3)11-6)13-5-4-10-7(13)2/h4-5H,1-3H3. The topological polar surface area (TPSA) is 78.8 Å². The molecule has 2 aromatic heterocycles. The van der Waals surface area contributed by atoms with Gasteiger partial charge >= 0.3 is 5.69 Å². The molecule has 2 aromatic rings. The van der Waals surface area contributed by atoms with E-state index in [4.69, 9.17) is 0 Å². The Kier molecular flexibility index (Phi) is 2.22. The molecule has 0 amide bonds. The number of aromatic nitrogens is 4. The molecule has 0 radical (unpaired) electrons. The Balaban J connectivity index is 2.74. The van der Waals surface area contributed by atoms with Crippen molar-refractivity contribution in [3.63, 3.8) is 0 Å². The van der Waals surface area contributed by atoms with E-state index in [0.29, 0.717) is 17.3 Å². The normalized spacial score (nSPS) is 10.7.